The van der Waals surface area contributed by atoms with E-state index in [0.29, 0.717) is 58.8 Å². The van der Waals surface area contributed by atoms with Gasteiger partial charge in [-0.2, -0.15) is 0 Å². The molecule has 3 rings (SSSR count). The van der Waals surface area contributed by atoms with E-state index in [1.54, 1.807) is 38.3 Å². The Hall–Kier alpha value is -2.85. The number of thiophene rings is 1. The molecule has 2 aromatic heterocycles. The van der Waals surface area contributed by atoms with Gasteiger partial charge in [-0.1, -0.05) is 18.2 Å². The Kier molecular flexibility index (Phi) is 8.29. The van der Waals surface area contributed by atoms with Crippen LogP contribution >= 0.6 is 11.3 Å². The number of carbonyl (C=O) groups is 1. The molecule has 3 aromatic rings. The Bertz CT molecular complexity index is 1070. The molecule has 9 heteroatoms. The molecule has 0 aliphatic carbocycles. The normalized spacial score (nSPS) is 12.0. The summed E-state index contributed by atoms with van der Waals surface area (Å²) in [6.45, 7) is 2.92. The molecule has 0 aliphatic heterocycles. The zero-order valence-electron chi connectivity index (χ0n) is 17.9. The Morgan fingerprint density at radius 1 is 1.28 bits per heavy atom. The summed E-state index contributed by atoms with van der Waals surface area (Å²) >= 11 is 1.21. The highest BCUT2D eigenvalue weighted by Crippen LogP contribution is 2.38. The molecule has 170 valence electrons. The molecule has 0 fully saturated rings. The van der Waals surface area contributed by atoms with Crippen LogP contribution in [0, 0.1) is 5.82 Å². The van der Waals surface area contributed by atoms with Gasteiger partial charge in [0, 0.05) is 17.6 Å². The van der Waals surface area contributed by atoms with Crippen molar-refractivity contribution in [2.45, 2.75) is 26.1 Å². The summed E-state index contributed by atoms with van der Waals surface area (Å²) in [6.07, 6.45) is -0.203. The van der Waals surface area contributed by atoms with E-state index in [9.17, 15) is 14.3 Å². The number of hydrogen-bond donors (Lipinski definition) is 3. The van der Waals surface area contributed by atoms with Gasteiger partial charge in [-0.15, -0.1) is 11.3 Å². The van der Waals surface area contributed by atoms with Crippen molar-refractivity contribution in [1.29, 1.82) is 0 Å². The fourth-order valence-electron chi connectivity index (χ4n) is 3.09. The second-order valence-electron chi connectivity index (χ2n) is 7.27. The number of ether oxygens (including phenoxy) is 2. The topological polar surface area (TPSA) is 107 Å². The summed E-state index contributed by atoms with van der Waals surface area (Å²) in [5.74, 6) is -0.540. The van der Waals surface area contributed by atoms with E-state index >= 15 is 0 Å². The van der Waals surface area contributed by atoms with Crippen molar-refractivity contribution in [2.24, 2.45) is 5.73 Å². The van der Waals surface area contributed by atoms with Crippen molar-refractivity contribution in [3.8, 4) is 10.4 Å². The first kappa shape index (κ1) is 23.8. The number of anilines is 2. The largest absolute Gasteiger partial charge is 0.393 e. The van der Waals surface area contributed by atoms with Crippen molar-refractivity contribution in [3.63, 3.8) is 0 Å². The Balaban J connectivity index is 1.82. The van der Waals surface area contributed by atoms with E-state index in [1.807, 2.05) is 12.1 Å². The maximum absolute atomic E-state index is 14.7. The van der Waals surface area contributed by atoms with Gasteiger partial charge in [0.2, 0.25) is 0 Å². The molecular weight excluding hydrogens is 433 g/mol. The van der Waals surface area contributed by atoms with Gasteiger partial charge in [0.1, 0.15) is 16.6 Å². The molecular formula is C23H26FN3O4S. The molecule has 2 heterocycles. The molecule has 0 saturated carbocycles. The van der Waals surface area contributed by atoms with Crippen molar-refractivity contribution >= 4 is 28.1 Å². The fourth-order valence-corrected chi connectivity index (χ4v) is 4.19. The average Bonchev–Trinajstić information content (AvgIpc) is 3.15. The highest BCUT2D eigenvalue weighted by atomic mass is 32.1. The van der Waals surface area contributed by atoms with Crippen LogP contribution in [0.15, 0.2) is 42.5 Å². The summed E-state index contributed by atoms with van der Waals surface area (Å²) in [5, 5.41) is 13.1. The van der Waals surface area contributed by atoms with E-state index < -0.39 is 17.8 Å². The van der Waals surface area contributed by atoms with Crippen LogP contribution in [0.5, 0.6) is 0 Å². The Labute approximate surface area is 190 Å². The second-order valence-corrected chi connectivity index (χ2v) is 8.32. The standard InChI is InChI=1S/C23H26FN3O4S/c1-14(28)10-15-6-7-17(19(24)11-15)20-12-18(22(25)29)23(32-20)27-21-5-3-4-16(26-21)13-31-9-8-30-2/h3-7,11-12,14,28H,8-10,13H2,1-2H3,(H2,25,29)(H,26,27). The zero-order valence-corrected chi connectivity index (χ0v) is 18.7. The number of amides is 1. The number of aliphatic hydroxyl groups excluding tert-OH is 1. The lowest BCUT2D eigenvalue weighted by Gasteiger charge is -2.08. The van der Waals surface area contributed by atoms with Crippen molar-refractivity contribution in [2.75, 3.05) is 25.6 Å². The molecule has 0 bridgehead atoms. The van der Waals surface area contributed by atoms with E-state index in [0.717, 1.165) is 0 Å². The zero-order chi connectivity index (χ0) is 23.1. The van der Waals surface area contributed by atoms with Crippen LogP contribution in [0.2, 0.25) is 0 Å². The number of hydrogen-bond acceptors (Lipinski definition) is 7. The van der Waals surface area contributed by atoms with Gasteiger partial charge < -0.3 is 25.6 Å². The van der Waals surface area contributed by atoms with Crippen LogP contribution in [0.3, 0.4) is 0 Å². The highest BCUT2D eigenvalue weighted by Gasteiger charge is 2.18. The van der Waals surface area contributed by atoms with Gasteiger partial charge in [0.25, 0.3) is 5.91 Å². The molecule has 1 aromatic carbocycles. The van der Waals surface area contributed by atoms with Crippen LogP contribution < -0.4 is 11.1 Å². The molecule has 32 heavy (non-hydrogen) atoms. The molecule has 7 nitrogen and oxygen atoms in total. The third-order valence-electron chi connectivity index (χ3n) is 4.56. The maximum atomic E-state index is 14.7. The minimum Gasteiger partial charge on any atom is -0.393 e. The first-order chi connectivity index (χ1) is 15.4. The van der Waals surface area contributed by atoms with Crippen LogP contribution in [-0.4, -0.2) is 42.4 Å². The lowest BCUT2D eigenvalue weighted by molar-refractivity contribution is 0.0602. The maximum Gasteiger partial charge on any atom is 0.251 e. The minimum absolute atomic E-state index is 0.251. The average molecular weight is 460 g/mol. The van der Waals surface area contributed by atoms with Gasteiger partial charge in [-0.3, -0.25) is 4.79 Å². The molecule has 1 unspecified atom stereocenters. The van der Waals surface area contributed by atoms with Crippen molar-refractivity contribution < 1.29 is 23.8 Å². The number of carbonyl (C=O) groups excluding carboxylic acids is 1. The predicted molar refractivity (Wildman–Crippen MR) is 123 cm³/mol. The number of rotatable bonds is 11. The number of aliphatic hydroxyl groups is 1. The lowest BCUT2D eigenvalue weighted by Crippen LogP contribution is -2.11. The van der Waals surface area contributed by atoms with E-state index in [2.05, 4.69) is 10.3 Å². The first-order valence-corrected chi connectivity index (χ1v) is 10.9. The van der Waals surface area contributed by atoms with Gasteiger partial charge >= 0.3 is 0 Å². The summed E-state index contributed by atoms with van der Waals surface area (Å²) in [7, 11) is 1.60. The number of primary amides is 1. The summed E-state index contributed by atoms with van der Waals surface area (Å²) in [6, 6.07) is 11.8. The molecule has 0 spiro atoms. The molecule has 4 N–H and O–H groups in total. The summed E-state index contributed by atoms with van der Waals surface area (Å²) < 4.78 is 25.2. The molecule has 1 atom stereocenters. The number of aromatic nitrogens is 1. The smallest absolute Gasteiger partial charge is 0.251 e. The van der Waals surface area contributed by atoms with Crippen molar-refractivity contribution in [1.82, 2.24) is 4.98 Å². The fraction of sp³-hybridized carbons (Fsp3) is 0.304. The molecule has 0 saturated heterocycles. The quantitative estimate of drug-likeness (QED) is 0.376. The van der Waals surface area contributed by atoms with Crippen molar-refractivity contribution in [3.05, 3.63) is 65.1 Å². The van der Waals surface area contributed by atoms with E-state index in [1.165, 1.54) is 17.4 Å². The van der Waals surface area contributed by atoms with Gasteiger partial charge in [0.05, 0.1) is 37.2 Å². The number of nitrogens with one attached hydrogen (secondary N) is 1. The van der Waals surface area contributed by atoms with Gasteiger partial charge in [-0.25, -0.2) is 9.37 Å². The van der Waals surface area contributed by atoms with E-state index in [-0.39, 0.29) is 5.56 Å². The van der Waals surface area contributed by atoms with Gasteiger partial charge in [0.15, 0.2) is 0 Å². The second kappa shape index (κ2) is 11.1. The summed E-state index contributed by atoms with van der Waals surface area (Å²) in [4.78, 5) is 17.0. The Morgan fingerprint density at radius 3 is 2.78 bits per heavy atom. The predicted octanol–water partition coefficient (Wildman–Crippen LogP) is 3.88. The first-order valence-electron chi connectivity index (χ1n) is 10.1. The van der Waals surface area contributed by atoms with Crippen LogP contribution in [0.4, 0.5) is 15.2 Å². The Morgan fingerprint density at radius 2 is 2.09 bits per heavy atom. The van der Waals surface area contributed by atoms with Crippen LogP contribution in [0.25, 0.3) is 10.4 Å². The minimum atomic E-state index is -0.625. The monoisotopic (exact) mass is 459 g/mol. The number of nitrogens with zero attached hydrogens (tertiary/aromatic N) is 1. The van der Waals surface area contributed by atoms with Gasteiger partial charge in [-0.05, 0) is 43.2 Å². The third kappa shape index (κ3) is 6.33. The number of halogens is 1. The number of pyridine rings is 1. The van der Waals surface area contributed by atoms with Crippen LogP contribution in [-0.2, 0) is 22.5 Å². The summed E-state index contributed by atoms with van der Waals surface area (Å²) in [5.41, 5.74) is 7.57. The third-order valence-corrected chi connectivity index (χ3v) is 5.64. The lowest BCUT2D eigenvalue weighted by atomic mass is 10.0. The molecule has 1 amide bonds. The highest BCUT2D eigenvalue weighted by molar-refractivity contribution is 7.19. The van der Waals surface area contributed by atoms with Crippen LogP contribution in [0.1, 0.15) is 28.5 Å². The number of methoxy groups -OCH3 is 1. The SMILES string of the molecule is COCCOCc1cccc(Nc2sc(-c3ccc(CC(C)O)cc3F)cc2C(N)=O)n1. The number of benzene rings is 1. The molecule has 0 aliphatic rings. The van der Waals surface area contributed by atoms with E-state index in [4.69, 9.17) is 15.2 Å². The molecule has 0 radical (unpaired) electrons. The number of nitrogens with two attached hydrogens (primary N) is 1.